The van der Waals surface area contributed by atoms with E-state index in [0.29, 0.717) is 61.5 Å². The number of carbonyl (C=O) groups is 4. The van der Waals surface area contributed by atoms with Crippen molar-refractivity contribution in [3.8, 4) is 22.5 Å². The molecule has 13 nitrogen and oxygen atoms in total. The molecule has 3 N–H and O–H groups in total. The number of hydrogen-bond acceptors (Lipinski definition) is 8. The SMILES string of the molecule is O=C(Nc1ccc(-c2n[nH]nc2-c2ccc(NC(=O)C3CCCN3C(=O)OCc3ccccc3)cc2)cc1)C1CCCN1C(=O)OCc1ccccc1. The maximum Gasteiger partial charge on any atom is 0.410 e. The molecule has 5 aromatic rings. The Hall–Kier alpha value is -6.50. The number of likely N-dealkylation sites (tertiary alicyclic amines) is 2. The topological polar surface area (TPSA) is 159 Å². The molecule has 4 amide bonds. The molecule has 2 unspecified atom stereocenters. The molecule has 1 aromatic heterocycles. The maximum atomic E-state index is 13.2. The van der Waals surface area contributed by atoms with E-state index in [1.807, 2.05) is 84.9 Å². The minimum Gasteiger partial charge on any atom is -0.445 e. The van der Waals surface area contributed by atoms with Crippen molar-refractivity contribution in [2.75, 3.05) is 23.7 Å². The van der Waals surface area contributed by atoms with Crippen LogP contribution in [0.2, 0.25) is 0 Å². The molecule has 0 saturated carbocycles. The van der Waals surface area contributed by atoms with Gasteiger partial charge in [-0.05, 0) is 61.1 Å². The fourth-order valence-corrected chi connectivity index (χ4v) is 6.63. The van der Waals surface area contributed by atoms with Gasteiger partial charge in [-0.1, -0.05) is 84.9 Å². The van der Waals surface area contributed by atoms with E-state index in [1.165, 1.54) is 9.80 Å². The van der Waals surface area contributed by atoms with Gasteiger partial charge in [-0.3, -0.25) is 19.4 Å². The van der Waals surface area contributed by atoms with Crippen LogP contribution in [0.25, 0.3) is 22.5 Å². The summed E-state index contributed by atoms with van der Waals surface area (Å²) in [4.78, 5) is 55.0. The Labute approximate surface area is 306 Å². The summed E-state index contributed by atoms with van der Waals surface area (Å²) in [5.74, 6) is -0.547. The number of amides is 4. The molecule has 2 aliphatic rings. The van der Waals surface area contributed by atoms with Crippen LogP contribution in [0.1, 0.15) is 36.8 Å². The number of hydrogen-bond donors (Lipinski definition) is 3. The molecule has 2 aliphatic heterocycles. The van der Waals surface area contributed by atoms with E-state index < -0.39 is 24.3 Å². The van der Waals surface area contributed by atoms with E-state index in [-0.39, 0.29) is 25.0 Å². The Morgan fingerprint density at radius 3 is 1.38 bits per heavy atom. The summed E-state index contributed by atoms with van der Waals surface area (Å²) in [5.41, 5.74) is 5.69. The lowest BCUT2D eigenvalue weighted by Crippen LogP contribution is -2.43. The van der Waals surface area contributed by atoms with Gasteiger partial charge in [0.25, 0.3) is 0 Å². The zero-order valence-corrected chi connectivity index (χ0v) is 28.9. The Bertz CT molecular complexity index is 1890. The number of benzene rings is 4. The second kappa shape index (κ2) is 16.2. The van der Waals surface area contributed by atoms with Crippen LogP contribution in [-0.4, -0.2) is 74.4 Å². The standard InChI is InChI=1S/C40H39N7O6/c48-37(33-13-7-23-46(33)39(50)52-25-27-9-3-1-4-10-27)41-31-19-15-29(16-20-31)35-36(44-45-43-35)30-17-21-32(22-18-30)42-38(49)34-14-8-24-47(34)40(51)53-26-28-11-5-2-6-12-28/h1-6,9-12,15-22,33-34H,7-8,13-14,23-26H2,(H,41,48)(H,42,49)(H,43,44,45). The predicted molar refractivity (Wildman–Crippen MR) is 197 cm³/mol. The van der Waals surface area contributed by atoms with Gasteiger partial charge in [0, 0.05) is 35.6 Å². The minimum atomic E-state index is -0.619. The minimum absolute atomic E-state index is 0.144. The molecular formula is C40H39N7O6. The molecule has 270 valence electrons. The highest BCUT2D eigenvalue weighted by atomic mass is 16.6. The molecule has 2 atom stereocenters. The zero-order chi connectivity index (χ0) is 36.6. The molecule has 0 aliphatic carbocycles. The number of anilines is 2. The number of H-pyrrole nitrogens is 1. The number of aromatic amines is 1. The smallest absolute Gasteiger partial charge is 0.410 e. The fourth-order valence-electron chi connectivity index (χ4n) is 6.63. The first-order chi connectivity index (χ1) is 25.9. The van der Waals surface area contributed by atoms with Crippen molar-refractivity contribution in [1.82, 2.24) is 25.2 Å². The molecule has 0 radical (unpaired) electrons. The fraction of sp³-hybridized carbons (Fsp3) is 0.250. The molecule has 0 bridgehead atoms. The van der Waals surface area contributed by atoms with Crippen molar-refractivity contribution >= 4 is 35.4 Å². The molecule has 2 saturated heterocycles. The summed E-state index contributed by atoms with van der Waals surface area (Å²) in [6.07, 6.45) is 1.52. The number of ether oxygens (including phenoxy) is 2. The Morgan fingerprint density at radius 1 is 0.585 bits per heavy atom. The molecule has 4 aromatic carbocycles. The lowest BCUT2D eigenvalue weighted by Gasteiger charge is -2.23. The second-order valence-corrected chi connectivity index (χ2v) is 12.9. The third-order valence-electron chi connectivity index (χ3n) is 9.39. The number of nitrogens with one attached hydrogen (secondary N) is 3. The molecule has 53 heavy (non-hydrogen) atoms. The van der Waals surface area contributed by atoms with Crippen molar-refractivity contribution in [3.05, 3.63) is 120 Å². The third-order valence-corrected chi connectivity index (χ3v) is 9.39. The molecule has 7 rings (SSSR count). The summed E-state index contributed by atoms with van der Waals surface area (Å²) in [5, 5.41) is 17.3. The lowest BCUT2D eigenvalue weighted by molar-refractivity contribution is -0.120. The molecule has 3 heterocycles. The van der Waals surface area contributed by atoms with Gasteiger partial charge in [0.15, 0.2) is 0 Å². The third kappa shape index (κ3) is 8.36. The van der Waals surface area contributed by atoms with Crippen LogP contribution in [0, 0.1) is 0 Å². The largest absolute Gasteiger partial charge is 0.445 e. The van der Waals surface area contributed by atoms with Crippen molar-refractivity contribution in [3.63, 3.8) is 0 Å². The predicted octanol–water partition coefficient (Wildman–Crippen LogP) is 6.62. The van der Waals surface area contributed by atoms with Crippen LogP contribution in [-0.2, 0) is 32.3 Å². The van der Waals surface area contributed by atoms with Crippen LogP contribution < -0.4 is 10.6 Å². The van der Waals surface area contributed by atoms with Crippen molar-refractivity contribution in [2.24, 2.45) is 0 Å². The van der Waals surface area contributed by atoms with E-state index in [1.54, 1.807) is 24.3 Å². The molecule has 2 fully saturated rings. The van der Waals surface area contributed by atoms with Crippen LogP contribution >= 0.6 is 0 Å². The summed E-state index contributed by atoms with van der Waals surface area (Å²) < 4.78 is 11.0. The molecule has 13 heteroatoms. The number of aromatic nitrogens is 3. The Balaban J connectivity index is 0.933. The van der Waals surface area contributed by atoms with E-state index in [0.717, 1.165) is 22.3 Å². The van der Waals surface area contributed by atoms with E-state index >= 15 is 0 Å². The van der Waals surface area contributed by atoms with Crippen LogP contribution in [0.3, 0.4) is 0 Å². The maximum absolute atomic E-state index is 13.2. The van der Waals surface area contributed by atoms with Crippen molar-refractivity contribution in [2.45, 2.75) is 51.0 Å². The number of carbonyl (C=O) groups excluding carboxylic acids is 4. The van der Waals surface area contributed by atoms with Crippen molar-refractivity contribution in [1.29, 1.82) is 0 Å². The van der Waals surface area contributed by atoms with E-state index in [2.05, 4.69) is 26.0 Å². The Morgan fingerprint density at radius 2 is 0.981 bits per heavy atom. The summed E-state index contributed by atoms with van der Waals surface area (Å²) in [6.45, 7) is 1.20. The van der Waals surface area contributed by atoms with Gasteiger partial charge in [0.05, 0.1) is 0 Å². The second-order valence-electron chi connectivity index (χ2n) is 12.9. The normalized spacial score (nSPS) is 16.6. The first kappa shape index (κ1) is 34.9. The first-order valence-electron chi connectivity index (χ1n) is 17.6. The van der Waals surface area contributed by atoms with Crippen LogP contribution in [0.5, 0.6) is 0 Å². The average Bonchev–Trinajstić information content (AvgIpc) is 4.00. The average molecular weight is 714 g/mol. The molecular weight excluding hydrogens is 674 g/mol. The monoisotopic (exact) mass is 713 g/mol. The van der Waals surface area contributed by atoms with Gasteiger partial charge in [0.1, 0.15) is 36.7 Å². The number of rotatable bonds is 10. The van der Waals surface area contributed by atoms with Gasteiger partial charge >= 0.3 is 12.2 Å². The van der Waals surface area contributed by atoms with Crippen LogP contribution in [0.4, 0.5) is 21.0 Å². The van der Waals surface area contributed by atoms with Gasteiger partial charge < -0.3 is 20.1 Å². The van der Waals surface area contributed by atoms with Gasteiger partial charge in [-0.2, -0.15) is 15.4 Å². The molecule has 0 spiro atoms. The summed E-state index contributed by atoms with van der Waals surface area (Å²) in [6, 6.07) is 32.1. The first-order valence-corrected chi connectivity index (χ1v) is 17.6. The van der Waals surface area contributed by atoms with Gasteiger partial charge in [-0.25, -0.2) is 9.59 Å². The highest BCUT2D eigenvalue weighted by Crippen LogP contribution is 2.31. The zero-order valence-electron chi connectivity index (χ0n) is 28.9. The Kier molecular flexibility index (Phi) is 10.7. The van der Waals surface area contributed by atoms with Crippen molar-refractivity contribution < 1.29 is 28.7 Å². The van der Waals surface area contributed by atoms with Gasteiger partial charge in [0.2, 0.25) is 11.8 Å². The summed E-state index contributed by atoms with van der Waals surface area (Å²) in [7, 11) is 0. The lowest BCUT2D eigenvalue weighted by atomic mass is 10.0. The van der Waals surface area contributed by atoms with Gasteiger partial charge in [-0.15, -0.1) is 0 Å². The quantitative estimate of drug-likeness (QED) is 0.146. The summed E-state index contributed by atoms with van der Waals surface area (Å²) >= 11 is 0. The van der Waals surface area contributed by atoms with E-state index in [9.17, 15) is 19.2 Å². The number of nitrogens with zero attached hydrogens (tertiary/aromatic N) is 4. The van der Waals surface area contributed by atoms with Crippen LogP contribution in [0.15, 0.2) is 109 Å². The van der Waals surface area contributed by atoms with E-state index in [4.69, 9.17) is 9.47 Å². The highest BCUT2D eigenvalue weighted by molar-refractivity contribution is 5.98. The highest BCUT2D eigenvalue weighted by Gasteiger charge is 2.36.